The number of aryl methyl sites for hydroxylation is 1. The van der Waals surface area contributed by atoms with Crippen LogP contribution in [0.15, 0.2) is 77.7 Å². The van der Waals surface area contributed by atoms with Crippen LogP contribution in [0.3, 0.4) is 0 Å². The van der Waals surface area contributed by atoms with Crippen LogP contribution >= 0.6 is 23.4 Å². The SMILES string of the molecule is Cc1ccc(CNC(=O)[C@@H](C)[C@H]2Sc3ccccc3N(Cc3cccc(Cl)c3)C2=O)cc1. The number of hydrogen-bond donors (Lipinski definition) is 1. The van der Waals surface area contributed by atoms with Crippen molar-refractivity contribution in [3.63, 3.8) is 0 Å². The summed E-state index contributed by atoms with van der Waals surface area (Å²) in [5.74, 6) is -0.668. The highest BCUT2D eigenvalue weighted by atomic mass is 35.5. The minimum Gasteiger partial charge on any atom is -0.352 e. The van der Waals surface area contributed by atoms with E-state index >= 15 is 0 Å². The molecule has 1 N–H and O–H groups in total. The van der Waals surface area contributed by atoms with E-state index in [9.17, 15) is 9.59 Å². The van der Waals surface area contributed by atoms with Gasteiger partial charge in [-0.2, -0.15) is 0 Å². The van der Waals surface area contributed by atoms with Crippen LogP contribution in [0.25, 0.3) is 0 Å². The molecule has 1 heterocycles. The number of anilines is 1. The van der Waals surface area contributed by atoms with Gasteiger partial charge in [-0.25, -0.2) is 0 Å². The molecule has 2 amide bonds. The molecule has 0 unspecified atom stereocenters. The summed E-state index contributed by atoms with van der Waals surface area (Å²) in [6.07, 6.45) is 0. The number of nitrogens with zero attached hydrogens (tertiary/aromatic N) is 1. The van der Waals surface area contributed by atoms with Gasteiger partial charge in [0.15, 0.2) is 0 Å². The lowest BCUT2D eigenvalue weighted by atomic mass is 10.0. The molecule has 0 radical (unpaired) electrons. The smallest absolute Gasteiger partial charge is 0.241 e. The van der Waals surface area contributed by atoms with Gasteiger partial charge in [0.05, 0.1) is 18.2 Å². The van der Waals surface area contributed by atoms with Crippen molar-refractivity contribution in [2.24, 2.45) is 5.92 Å². The number of carbonyl (C=O) groups is 2. The number of rotatable bonds is 6. The van der Waals surface area contributed by atoms with E-state index in [1.807, 2.05) is 86.6 Å². The lowest BCUT2D eigenvalue weighted by Crippen LogP contribution is -2.47. The summed E-state index contributed by atoms with van der Waals surface area (Å²) in [5, 5.41) is 3.13. The van der Waals surface area contributed by atoms with Crippen LogP contribution in [0, 0.1) is 12.8 Å². The van der Waals surface area contributed by atoms with Gasteiger partial charge in [-0.1, -0.05) is 72.6 Å². The number of para-hydroxylation sites is 1. The molecule has 0 spiro atoms. The number of nitrogens with one attached hydrogen (secondary N) is 1. The third kappa shape index (κ3) is 5.00. The Labute approximate surface area is 198 Å². The Hall–Kier alpha value is -2.76. The van der Waals surface area contributed by atoms with Crippen molar-refractivity contribution < 1.29 is 9.59 Å². The number of carbonyl (C=O) groups excluding carboxylic acids is 2. The Balaban J connectivity index is 1.52. The van der Waals surface area contributed by atoms with Crippen molar-refractivity contribution >= 4 is 40.9 Å². The summed E-state index contributed by atoms with van der Waals surface area (Å²) < 4.78 is 0. The molecule has 0 aliphatic carbocycles. The molecule has 3 aromatic rings. The molecule has 0 saturated carbocycles. The topological polar surface area (TPSA) is 49.4 Å². The second kappa shape index (κ2) is 9.80. The zero-order valence-electron chi connectivity index (χ0n) is 18.0. The quantitative estimate of drug-likeness (QED) is 0.516. The predicted molar refractivity (Wildman–Crippen MR) is 131 cm³/mol. The van der Waals surface area contributed by atoms with Crippen molar-refractivity contribution in [2.45, 2.75) is 37.1 Å². The number of fused-ring (bicyclic) bond motifs is 1. The van der Waals surface area contributed by atoms with Crippen molar-refractivity contribution in [3.8, 4) is 0 Å². The Kier molecular flexibility index (Phi) is 6.87. The predicted octanol–water partition coefficient (Wildman–Crippen LogP) is 5.61. The van der Waals surface area contributed by atoms with Crippen LogP contribution in [-0.2, 0) is 22.7 Å². The molecular formula is C26H25ClN2O2S. The van der Waals surface area contributed by atoms with E-state index in [0.717, 1.165) is 21.7 Å². The maximum atomic E-state index is 13.5. The van der Waals surface area contributed by atoms with Gasteiger partial charge < -0.3 is 10.2 Å². The maximum Gasteiger partial charge on any atom is 0.241 e. The fourth-order valence-corrected chi connectivity index (χ4v) is 5.23. The third-order valence-corrected chi connectivity index (χ3v) is 7.30. The number of halogens is 1. The minimum absolute atomic E-state index is 0.0633. The van der Waals surface area contributed by atoms with E-state index in [1.54, 1.807) is 4.90 Å². The molecule has 0 saturated heterocycles. The summed E-state index contributed by atoms with van der Waals surface area (Å²) in [4.78, 5) is 29.2. The van der Waals surface area contributed by atoms with Crippen LogP contribution in [0.5, 0.6) is 0 Å². The molecule has 1 aliphatic rings. The highest BCUT2D eigenvalue weighted by Crippen LogP contribution is 2.42. The van der Waals surface area contributed by atoms with E-state index < -0.39 is 11.2 Å². The maximum absolute atomic E-state index is 13.5. The summed E-state index contributed by atoms with van der Waals surface area (Å²) in [5.41, 5.74) is 4.02. The normalized spacial score (nSPS) is 16.4. The summed E-state index contributed by atoms with van der Waals surface area (Å²) >= 11 is 7.62. The first kappa shape index (κ1) is 22.4. The molecule has 1 aliphatic heterocycles. The molecule has 3 aromatic carbocycles. The fraction of sp³-hybridized carbons (Fsp3) is 0.231. The van der Waals surface area contributed by atoms with Crippen LogP contribution in [0.2, 0.25) is 5.02 Å². The molecule has 164 valence electrons. The first-order valence-electron chi connectivity index (χ1n) is 10.6. The van der Waals surface area contributed by atoms with Crippen molar-refractivity contribution in [1.29, 1.82) is 0 Å². The van der Waals surface area contributed by atoms with Crippen molar-refractivity contribution in [1.82, 2.24) is 5.32 Å². The second-order valence-electron chi connectivity index (χ2n) is 8.05. The highest BCUT2D eigenvalue weighted by Gasteiger charge is 2.39. The summed E-state index contributed by atoms with van der Waals surface area (Å²) in [6, 6.07) is 23.4. The Morgan fingerprint density at radius 3 is 2.56 bits per heavy atom. The van der Waals surface area contributed by atoms with Gasteiger partial charge >= 0.3 is 0 Å². The van der Waals surface area contributed by atoms with Gasteiger partial charge in [0.1, 0.15) is 5.25 Å². The zero-order valence-corrected chi connectivity index (χ0v) is 19.6. The highest BCUT2D eigenvalue weighted by molar-refractivity contribution is 8.01. The van der Waals surface area contributed by atoms with Crippen LogP contribution in [-0.4, -0.2) is 17.1 Å². The fourth-order valence-electron chi connectivity index (χ4n) is 3.73. The van der Waals surface area contributed by atoms with E-state index in [0.29, 0.717) is 18.1 Å². The molecule has 0 fully saturated rings. The van der Waals surface area contributed by atoms with Gasteiger partial charge in [-0.15, -0.1) is 11.8 Å². The molecular weight excluding hydrogens is 440 g/mol. The number of amides is 2. The van der Waals surface area contributed by atoms with Crippen molar-refractivity contribution in [2.75, 3.05) is 4.90 Å². The summed E-state index contributed by atoms with van der Waals surface area (Å²) in [7, 11) is 0. The molecule has 4 rings (SSSR count). The van der Waals surface area contributed by atoms with Crippen LogP contribution in [0.1, 0.15) is 23.6 Å². The van der Waals surface area contributed by atoms with E-state index in [-0.39, 0.29) is 11.8 Å². The lowest BCUT2D eigenvalue weighted by molar-refractivity contribution is -0.128. The van der Waals surface area contributed by atoms with Crippen LogP contribution in [0.4, 0.5) is 5.69 Å². The summed E-state index contributed by atoms with van der Waals surface area (Å²) in [6.45, 7) is 4.71. The molecule has 2 atom stereocenters. The first-order valence-corrected chi connectivity index (χ1v) is 11.8. The number of benzene rings is 3. The van der Waals surface area contributed by atoms with Gasteiger partial charge in [-0.05, 0) is 42.3 Å². The van der Waals surface area contributed by atoms with Gasteiger partial charge in [0, 0.05) is 16.5 Å². The molecule has 0 aromatic heterocycles. The standard InChI is InChI=1S/C26H25ClN2O2S/c1-17-10-12-19(13-11-17)15-28-25(30)18(2)24-26(31)29(16-20-6-5-7-21(27)14-20)22-8-3-4-9-23(22)32-24/h3-14,18,24H,15-16H2,1-2H3,(H,28,30)/t18-,24+/m0/s1. The Bertz CT molecular complexity index is 1130. The van der Waals surface area contributed by atoms with Crippen molar-refractivity contribution in [3.05, 3.63) is 94.5 Å². The Morgan fingerprint density at radius 1 is 1.06 bits per heavy atom. The molecule has 6 heteroatoms. The van der Waals surface area contributed by atoms with E-state index in [2.05, 4.69) is 5.32 Å². The van der Waals surface area contributed by atoms with Gasteiger partial charge in [0.25, 0.3) is 0 Å². The zero-order chi connectivity index (χ0) is 22.7. The monoisotopic (exact) mass is 464 g/mol. The third-order valence-electron chi connectivity index (χ3n) is 5.60. The lowest BCUT2D eigenvalue weighted by Gasteiger charge is -2.35. The average molecular weight is 465 g/mol. The number of thioether (sulfide) groups is 1. The van der Waals surface area contributed by atoms with Gasteiger partial charge in [-0.3, -0.25) is 9.59 Å². The average Bonchev–Trinajstić information content (AvgIpc) is 2.79. The minimum atomic E-state index is -0.498. The molecule has 0 bridgehead atoms. The second-order valence-corrected chi connectivity index (χ2v) is 9.67. The molecule has 4 nitrogen and oxygen atoms in total. The van der Waals surface area contributed by atoms with E-state index in [4.69, 9.17) is 11.6 Å². The Morgan fingerprint density at radius 2 is 1.81 bits per heavy atom. The number of hydrogen-bond acceptors (Lipinski definition) is 3. The largest absolute Gasteiger partial charge is 0.352 e. The van der Waals surface area contributed by atoms with Crippen LogP contribution < -0.4 is 10.2 Å². The van der Waals surface area contributed by atoms with E-state index in [1.165, 1.54) is 17.3 Å². The first-order chi connectivity index (χ1) is 15.4. The molecule has 32 heavy (non-hydrogen) atoms. The van der Waals surface area contributed by atoms with Gasteiger partial charge in [0.2, 0.25) is 11.8 Å².